The molecule has 0 saturated carbocycles. The van der Waals surface area contributed by atoms with Crippen molar-refractivity contribution in [2.24, 2.45) is 0 Å². The van der Waals surface area contributed by atoms with Crippen LogP contribution in [0.25, 0.3) is 16.6 Å². The first-order valence-electron chi connectivity index (χ1n) is 10.8. The van der Waals surface area contributed by atoms with Crippen molar-refractivity contribution in [2.45, 2.75) is 12.1 Å². The Labute approximate surface area is 206 Å². The molecular formula is C26H25N3O5S. The van der Waals surface area contributed by atoms with E-state index >= 15 is 0 Å². The van der Waals surface area contributed by atoms with E-state index in [0.717, 1.165) is 5.56 Å². The van der Waals surface area contributed by atoms with E-state index < -0.39 is 0 Å². The van der Waals surface area contributed by atoms with Crippen LogP contribution >= 0.6 is 11.8 Å². The molecule has 4 aromatic rings. The summed E-state index contributed by atoms with van der Waals surface area (Å²) in [6.45, 7) is 1.98. The number of carbonyl (C=O) groups is 1. The lowest BCUT2D eigenvalue weighted by molar-refractivity contribution is -0.113. The lowest BCUT2D eigenvalue weighted by atomic mass is 10.2. The summed E-state index contributed by atoms with van der Waals surface area (Å²) in [6.07, 6.45) is 0. The van der Waals surface area contributed by atoms with Gasteiger partial charge in [0.25, 0.3) is 5.56 Å². The molecule has 0 fully saturated rings. The second-order valence-corrected chi connectivity index (χ2v) is 8.58. The molecule has 1 aromatic heterocycles. The van der Waals surface area contributed by atoms with Gasteiger partial charge in [0.2, 0.25) is 11.7 Å². The third-order valence-corrected chi connectivity index (χ3v) is 6.26. The average molecular weight is 492 g/mol. The van der Waals surface area contributed by atoms with E-state index in [0.29, 0.717) is 44.7 Å². The summed E-state index contributed by atoms with van der Waals surface area (Å²) >= 11 is 1.18. The molecule has 0 unspecified atom stereocenters. The van der Waals surface area contributed by atoms with Crippen molar-refractivity contribution < 1.29 is 19.0 Å². The molecule has 4 rings (SSSR count). The van der Waals surface area contributed by atoms with Crippen LogP contribution in [0.3, 0.4) is 0 Å². The third kappa shape index (κ3) is 5.09. The zero-order chi connectivity index (χ0) is 24.9. The fourth-order valence-electron chi connectivity index (χ4n) is 3.61. The van der Waals surface area contributed by atoms with E-state index in [1.807, 2.05) is 43.3 Å². The van der Waals surface area contributed by atoms with Gasteiger partial charge in [0, 0.05) is 17.8 Å². The zero-order valence-corrected chi connectivity index (χ0v) is 20.6. The number of rotatable bonds is 8. The van der Waals surface area contributed by atoms with Gasteiger partial charge in [-0.25, -0.2) is 4.98 Å². The van der Waals surface area contributed by atoms with Crippen molar-refractivity contribution in [3.63, 3.8) is 0 Å². The SMILES string of the molecule is COc1cc(NC(=O)CSc2nc3ccccc3c(=O)n2-c2ccc(C)cc2)cc(OC)c1OC. The number of carbonyl (C=O) groups excluding carboxylic acids is 1. The number of aryl methyl sites for hydroxylation is 1. The summed E-state index contributed by atoms with van der Waals surface area (Å²) in [4.78, 5) is 30.8. The summed E-state index contributed by atoms with van der Waals surface area (Å²) in [5.74, 6) is 1.05. The first-order valence-corrected chi connectivity index (χ1v) is 11.7. The Bertz CT molecular complexity index is 1410. The van der Waals surface area contributed by atoms with E-state index in [9.17, 15) is 9.59 Å². The minimum Gasteiger partial charge on any atom is -0.493 e. The standard InChI is InChI=1S/C26H25N3O5S/c1-16-9-11-18(12-10-16)29-25(31)19-7-5-6-8-20(19)28-26(29)35-15-23(30)27-17-13-21(32-2)24(34-4)22(14-17)33-3/h5-14H,15H2,1-4H3,(H,27,30). The van der Waals surface area contributed by atoms with Crippen LogP contribution in [-0.4, -0.2) is 42.5 Å². The Balaban J connectivity index is 1.63. The monoisotopic (exact) mass is 491 g/mol. The number of ether oxygens (including phenoxy) is 3. The average Bonchev–Trinajstić information content (AvgIpc) is 2.87. The number of nitrogens with one attached hydrogen (secondary N) is 1. The molecule has 1 amide bonds. The molecule has 8 nitrogen and oxygen atoms in total. The maximum absolute atomic E-state index is 13.3. The molecular weight excluding hydrogens is 466 g/mol. The summed E-state index contributed by atoms with van der Waals surface area (Å²) in [5.41, 5.74) is 2.65. The van der Waals surface area contributed by atoms with Crippen molar-refractivity contribution in [2.75, 3.05) is 32.4 Å². The molecule has 1 heterocycles. The van der Waals surface area contributed by atoms with Crippen LogP contribution < -0.4 is 25.1 Å². The highest BCUT2D eigenvalue weighted by atomic mass is 32.2. The first-order chi connectivity index (χ1) is 16.9. The number of hydrogen-bond acceptors (Lipinski definition) is 7. The van der Waals surface area contributed by atoms with Gasteiger partial charge >= 0.3 is 0 Å². The highest BCUT2D eigenvalue weighted by Crippen LogP contribution is 2.40. The molecule has 35 heavy (non-hydrogen) atoms. The van der Waals surface area contributed by atoms with Crippen LogP contribution in [0, 0.1) is 6.92 Å². The van der Waals surface area contributed by atoms with Crippen LogP contribution in [0.5, 0.6) is 17.2 Å². The van der Waals surface area contributed by atoms with Gasteiger partial charge in [-0.2, -0.15) is 0 Å². The van der Waals surface area contributed by atoms with E-state index in [4.69, 9.17) is 14.2 Å². The van der Waals surface area contributed by atoms with Gasteiger partial charge in [0.1, 0.15) is 0 Å². The van der Waals surface area contributed by atoms with Crippen molar-refractivity contribution in [3.05, 3.63) is 76.6 Å². The summed E-state index contributed by atoms with van der Waals surface area (Å²) < 4.78 is 17.6. The first kappa shape index (κ1) is 24.2. The van der Waals surface area contributed by atoms with Gasteiger partial charge in [0.15, 0.2) is 16.7 Å². The Morgan fingerprint density at radius 1 is 0.971 bits per heavy atom. The zero-order valence-electron chi connectivity index (χ0n) is 19.8. The largest absolute Gasteiger partial charge is 0.493 e. The van der Waals surface area contributed by atoms with E-state index in [1.54, 1.807) is 28.8 Å². The number of anilines is 1. The molecule has 0 aliphatic rings. The van der Waals surface area contributed by atoms with Crippen LogP contribution in [0.4, 0.5) is 5.69 Å². The van der Waals surface area contributed by atoms with E-state index in [2.05, 4.69) is 10.3 Å². The van der Waals surface area contributed by atoms with Crippen LogP contribution in [0.15, 0.2) is 70.6 Å². The summed E-state index contributed by atoms with van der Waals surface area (Å²) in [5, 5.41) is 3.78. The molecule has 0 radical (unpaired) electrons. The summed E-state index contributed by atoms with van der Waals surface area (Å²) in [7, 11) is 4.53. The highest BCUT2D eigenvalue weighted by Gasteiger charge is 2.17. The van der Waals surface area contributed by atoms with Gasteiger partial charge in [0.05, 0.1) is 43.7 Å². The molecule has 3 aromatic carbocycles. The maximum atomic E-state index is 13.3. The molecule has 1 N–H and O–H groups in total. The number of benzene rings is 3. The minimum absolute atomic E-state index is 0.0350. The number of amides is 1. The van der Waals surface area contributed by atoms with Gasteiger partial charge < -0.3 is 19.5 Å². The van der Waals surface area contributed by atoms with Crippen molar-refractivity contribution >= 4 is 34.3 Å². The van der Waals surface area contributed by atoms with Crippen LogP contribution in [-0.2, 0) is 4.79 Å². The maximum Gasteiger partial charge on any atom is 0.266 e. The minimum atomic E-state index is -0.276. The van der Waals surface area contributed by atoms with E-state index in [-0.39, 0.29) is 17.2 Å². The number of aromatic nitrogens is 2. The lowest BCUT2D eigenvalue weighted by Gasteiger charge is -2.15. The number of thioether (sulfide) groups is 1. The Morgan fingerprint density at radius 2 is 1.63 bits per heavy atom. The Kier molecular flexibility index (Phi) is 7.26. The number of para-hydroxylation sites is 1. The van der Waals surface area contributed by atoms with Crippen molar-refractivity contribution in [1.29, 1.82) is 0 Å². The van der Waals surface area contributed by atoms with Gasteiger partial charge in [-0.1, -0.05) is 41.6 Å². The molecule has 0 atom stereocenters. The fraction of sp³-hybridized carbons (Fsp3) is 0.192. The predicted octanol–water partition coefficient (Wildman–Crippen LogP) is 4.45. The van der Waals surface area contributed by atoms with Crippen LogP contribution in [0.1, 0.15) is 5.56 Å². The van der Waals surface area contributed by atoms with E-state index in [1.165, 1.54) is 33.1 Å². The molecule has 9 heteroatoms. The highest BCUT2D eigenvalue weighted by molar-refractivity contribution is 7.99. The van der Waals surface area contributed by atoms with Gasteiger partial charge in [-0.15, -0.1) is 0 Å². The molecule has 0 aliphatic heterocycles. The molecule has 180 valence electrons. The van der Waals surface area contributed by atoms with Crippen molar-refractivity contribution in [3.8, 4) is 22.9 Å². The molecule has 0 saturated heterocycles. The van der Waals surface area contributed by atoms with Crippen molar-refractivity contribution in [1.82, 2.24) is 9.55 Å². The predicted molar refractivity (Wildman–Crippen MR) is 138 cm³/mol. The molecule has 0 aliphatic carbocycles. The van der Waals surface area contributed by atoms with Gasteiger partial charge in [-0.05, 0) is 31.2 Å². The second kappa shape index (κ2) is 10.5. The Hall–Kier alpha value is -3.98. The van der Waals surface area contributed by atoms with Crippen LogP contribution in [0.2, 0.25) is 0 Å². The molecule has 0 bridgehead atoms. The smallest absolute Gasteiger partial charge is 0.266 e. The van der Waals surface area contributed by atoms with Gasteiger partial charge in [-0.3, -0.25) is 14.2 Å². The lowest BCUT2D eigenvalue weighted by Crippen LogP contribution is -2.23. The number of fused-ring (bicyclic) bond motifs is 1. The number of hydrogen-bond donors (Lipinski definition) is 1. The second-order valence-electron chi connectivity index (χ2n) is 7.64. The summed E-state index contributed by atoms with van der Waals surface area (Å²) in [6, 6.07) is 18.1. The normalized spacial score (nSPS) is 10.7. The third-order valence-electron chi connectivity index (χ3n) is 5.32. The number of nitrogens with zero attached hydrogens (tertiary/aromatic N) is 2. The fourth-order valence-corrected chi connectivity index (χ4v) is 4.42. The quantitative estimate of drug-likeness (QED) is 0.288. The topological polar surface area (TPSA) is 91.7 Å². The molecule has 0 spiro atoms. The number of methoxy groups -OCH3 is 3. The Morgan fingerprint density at radius 3 is 2.26 bits per heavy atom.